The predicted molar refractivity (Wildman–Crippen MR) is 64.1 cm³/mol. The lowest BCUT2D eigenvalue weighted by Crippen LogP contribution is -2.45. The van der Waals surface area contributed by atoms with Gasteiger partial charge in [-0.25, -0.2) is 0 Å². The molecule has 0 rings (SSSR count). The summed E-state index contributed by atoms with van der Waals surface area (Å²) in [5.74, 6) is 1.53. The summed E-state index contributed by atoms with van der Waals surface area (Å²) in [7, 11) is 0. The fourth-order valence-corrected chi connectivity index (χ4v) is 1.82. The molecule has 0 unspecified atom stereocenters. The Labute approximate surface area is 89.8 Å². The lowest BCUT2D eigenvalue weighted by Gasteiger charge is -2.21. The van der Waals surface area contributed by atoms with E-state index in [9.17, 15) is 0 Å². The molecule has 0 bridgehead atoms. The first-order valence-electron chi connectivity index (χ1n) is 5.92. The first kappa shape index (κ1) is 13.9. The molecule has 0 aromatic heterocycles. The molecule has 0 aromatic rings. The summed E-state index contributed by atoms with van der Waals surface area (Å²) in [6, 6.07) is 1.12. The van der Waals surface area contributed by atoms with Crippen molar-refractivity contribution in [3.8, 4) is 0 Å². The Morgan fingerprint density at radius 1 is 0.643 bits per heavy atom. The topological polar surface area (TPSA) is 24.1 Å². The molecule has 14 heavy (non-hydrogen) atoms. The van der Waals surface area contributed by atoms with Crippen molar-refractivity contribution in [2.75, 3.05) is 0 Å². The van der Waals surface area contributed by atoms with Crippen molar-refractivity contribution in [2.24, 2.45) is 11.8 Å². The van der Waals surface area contributed by atoms with E-state index in [0.29, 0.717) is 12.1 Å². The summed E-state index contributed by atoms with van der Waals surface area (Å²) in [6.07, 6.45) is 2.45. The van der Waals surface area contributed by atoms with Gasteiger partial charge < -0.3 is 0 Å². The first-order chi connectivity index (χ1) is 6.41. The van der Waals surface area contributed by atoms with E-state index in [1.54, 1.807) is 0 Å². The summed E-state index contributed by atoms with van der Waals surface area (Å²) >= 11 is 0. The number of nitrogens with one attached hydrogen (secondary N) is 2. The highest BCUT2D eigenvalue weighted by Crippen LogP contribution is 2.05. The van der Waals surface area contributed by atoms with Crippen LogP contribution in [0.1, 0.15) is 54.4 Å². The van der Waals surface area contributed by atoms with Crippen LogP contribution in [0, 0.1) is 11.8 Å². The molecule has 0 fully saturated rings. The zero-order valence-corrected chi connectivity index (χ0v) is 10.7. The third-order valence-electron chi connectivity index (χ3n) is 2.23. The van der Waals surface area contributed by atoms with Gasteiger partial charge in [-0.05, 0) is 38.5 Å². The predicted octanol–water partition coefficient (Wildman–Crippen LogP) is 2.95. The van der Waals surface area contributed by atoms with Crippen molar-refractivity contribution >= 4 is 0 Å². The molecule has 0 aliphatic rings. The maximum atomic E-state index is 3.37. The molecule has 0 heterocycles. The van der Waals surface area contributed by atoms with Crippen LogP contribution in [-0.4, -0.2) is 12.1 Å². The molecule has 0 spiro atoms. The number of hydrazine groups is 1. The van der Waals surface area contributed by atoms with Gasteiger partial charge >= 0.3 is 0 Å². The van der Waals surface area contributed by atoms with Crippen LogP contribution in [0.15, 0.2) is 0 Å². The molecule has 86 valence electrons. The zero-order valence-electron chi connectivity index (χ0n) is 10.7. The van der Waals surface area contributed by atoms with Crippen molar-refractivity contribution < 1.29 is 0 Å². The maximum Gasteiger partial charge on any atom is 0.0187 e. The third kappa shape index (κ3) is 8.52. The number of hydrogen-bond acceptors (Lipinski definition) is 2. The van der Waals surface area contributed by atoms with Crippen LogP contribution in [0.2, 0.25) is 0 Å². The molecule has 2 heteroatoms. The van der Waals surface area contributed by atoms with Crippen molar-refractivity contribution in [2.45, 2.75) is 66.5 Å². The Bertz CT molecular complexity index is 116. The molecule has 2 N–H and O–H groups in total. The first-order valence-corrected chi connectivity index (χ1v) is 5.92. The van der Waals surface area contributed by atoms with Gasteiger partial charge in [0.1, 0.15) is 0 Å². The Kier molecular flexibility index (Phi) is 7.20. The summed E-state index contributed by atoms with van der Waals surface area (Å²) < 4.78 is 0. The zero-order chi connectivity index (χ0) is 11.1. The standard InChI is InChI=1S/C12H28N2/c1-9(2)7-11(5)13-14-12(6)8-10(3)4/h9-14H,7-8H2,1-6H3/t11-,12-/m1/s1. The minimum atomic E-state index is 0.560. The SMILES string of the molecule is CC(C)C[C@@H](C)NN[C@H](C)CC(C)C. The normalized spacial score (nSPS) is 16.3. The average molecular weight is 200 g/mol. The Hall–Kier alpha value is -0.0800. The van der Waals surface area contributed by atoms with E-state index in [2.05, 4.69) is 52.4 Å². The molecule has 0 radical (unpaired) electrons. The van der Waals surface area contributed by atoms with E-state index in [4.69, 9.17) is 0 Å². The van der Waals surface area contributed by atoms with Gasteiger partial charge in [-0.15, -0.1) is 0 Å². The highest BCUT2D eigenvalue weighted by molar-refractivity contribution is 4.64. The maximum absolute atomic E-state index is 3.37. The molecule has 0 saturated carbocycles. The highest BCUT2D eigenvalue weighted by atomic mass is 15.4. The van der Waals surface area contributed by atoms with Crippen LogP contribution in [0.5, 0.6) is 0 Å². The Morgan fingerprint density at radius 3 is 1.14 bits per heavy atom. The minimum absolute atomic E-state index is 0.560. The highest BCUT2D eigenvalue weighted by Gasteiger charge is 2.07. The number of rotatable bonds is 7. The number of hydrogen-bond donors (Lipinski definition) is 2. The van der Waals surface area contributed by atoms with Crippen LogP contribution < -0.4 is 10.9 Å². The van der Waals surface area contributed by atoms with E-state index in [0.717, 1.165) is 11.8 Å². The van der Waals surface area contributed by atoms with Gasteiger partial charge in [-0.2, -0.15) is 0 Å². The Balaban J connectivity index is 3.50. The quantitative estimate of drug-likeness (QED) is 0.617. The van der Waals surface area contributed by atoms with Gasteiger partial charge in [-0.1, -0.05) is 27.7 Å². The van der Waals surface area contributed by atoms with E-state index < -0.39 is 0 Å². The lowest BCUT2D eigenvalue weighted by molar-refractivity contribution is 0.331. The smallest absolute Gasteiger partial charge is 0.0187 e. The van der Waals surface area contributed by atoms with Crippen molar-refractivity contribution in [1.82, 2.24) is 10.9 Å². The van der Waals surface area contributed by atoms with E-state index in [-0.39, 0.29) is 0 Å². The molecular formula is C12H28N2. The van der Waals surface area contributed by atoms with Gasteiger partial charge in [0.05, 0.1) is 0 Å². The Morgan fingerprint density at radius 2 is 0.929 bits per heavy atom. The van der Waals surface area contributed by atoms with Crippen molar-refractivity contribution in [3.05, 3.63) is 0 Å². The van der Waals surface area contributed by atoms with Gasteiger partial charge in [0, 0.05) is 12.1 Å². The van der Waals surface area contributed by atoms with Crippen LogP contribution in [0.4, 0.5) is 0 Å². The second-order valence-corrected chi connectivity index (χ2v) is 5.35. The lowest BCUT2D eigenvalue weighted by atomic mass is 10.1. The van der Waals surface area contributed by atoms with Gasteiger partial charge in [0.25, 0.3) is 0 Å². The molecule has 0 aliphatic carbocycles. The van der Waals surface area contributed by atoms with E-state index >= 15 is 0 Å². The molecule has 2 nitrogen and oxygen atoms in total. The fraction of sp³-hybridized carbons (Fsp3) is 1.00. The van der Waals surface area contributed by atoms with E-state index in [1.807, 2.05) is 0 Å². The van der Waals surface area contributed by atoms with Crippen molar-refractivity contribution in [1.29, 1.82) is 0 Å². The summed E-state index contributed by atoms with van der Waals surface area (Å²) in [4.78, 5) is 0. The van der Waals surface area contributed by atoms with Crippen molar-refractivity contribution in [3.63, 3.8) is 0 Å². The van der Waals surface area contributed by atoms with Crippen LogP contribution >= 0.6 is 0 Å². The molecule has 2 atom stereocenters. The average Bonchev–Trinajstić information content (AvgIpc) is 1.98. The summed E-state index contributed by atoms with van der Waals surface area (Å²) in [5.41, 5.74) is 6.74. The van der Waals surface area contributed by atoms with Crippen LogP contribution in [-0.2, 0) is 0 Å². The fourth-order valence-electron chi connectivity index (χ4n) is 1.82. The molecule has 0 saturated heterocycles. The molecular weight excluding hydrogens is 172 g/mol. The summed E-state index contributed by atoms with van der Waals surface area (Å²) in [5, 5.41) is 0. The van der Waals surface area contributed by atoms with Gasteiger partial charge in [0.15, 0.2) is 0 Å². The van der Waals surface area contributed by atoms with Gasteiger partial charge in [-0.3, -0.25) is 10.9 Å². The molecule has 0 aromatic carbocycles. The second-order valence-electron chi connectivity index (χ2n) is 5.35. The molecule has 0 amide bonds. The minimum Gasteiger partial charge on any atom is -0.255 e. The monoisotopic (exact) mass is 200 g/mol. The molecule has 0 aliphatic heterocycles. The third-order valence-corrected chi connectivity index (χ3v) is 2.23. The van der Waals surface area contributed by atoms with Gasteiger partial charge in [0.2, 0.25) is 0 Å². The largest absolute Gasteiger partial charge is 0.255 e. The van der Waals surface area contributed by atoms with Crippen LogP contribution in [0.3, 0.4) is 0 Å². The summed E-state index contributed by atoms with van der Waals surface area (Å²) in [6.45, 7) is 13.5. The van der Waals surface area contributed by atoms with E-state index in [1.165, 1.54) is 12.8 Å². The van der Waals surface area contributed by atoms with Crippen LogP contribution in [0.25, 0.3) is 0 Å². The second kappa shape index (κ2) is 7.24.